The number of rotatable bonds is 6. The van der Waals surface area contributed by atoms with Crippen LogP contribution in [0, 0.1) is 5.92 Å². The molecule has 0 aliphatic heterocycles. The monoisotopic (exact) mass is 292 g/mol. The first kappa shape index (κ1) is 15.8. The Balaban J connectivity index is 1.70. The molecule has 0 bridgehead atoms. The van der Waals surface area contributed by atoms with Crippen LogP contribution in [0.5, 0.6) is 5.75 Å². The van der Waals surface area contributed by atoms with Gasteiger partial charge in [-0.25, -0.2) is 0 Å². The van der Waals surface area contributed by atoms with Gasteiger partial charge in [-0.05, 0) is 50.3 Å². The van der Waals surface area contributed by atoms with Gasteiger partial charge in [-0.1, -0.05) is 12.1 Å². The molecule has 3 N–H and O–H groups in total. The molecule has 0 spiro atoms. The van der Waals surface area contributed by atoms with Crippen molar-refractivity contribution in [1.82, 2.24) is 5.32 Å². The molecule has 0 aromatic heterocycles. The van der Waals surface area contributed by atoms with Crippen LogP contribution < -0.4 is 15.4 Å². The highest BCUT2D eigenvalue weighted by molar-refractivity contribution is 5.93. The standard InChI is InChI=1S/C16H24N2O3/c1-21-15-5-3-2-4-14(15)18-16(20)11-17-10-12-6-8-13(19)9-7-12/h2-5,12-13,17,19H,6-11H2,1H3,(H,18,20). The topological polar surface area (TPSA) is 70.6 Å². The Kier molecular flexibility index (Phi) is 6.02. The van der Waals surface area contributed by atoms with Crippen LogP contribution in [-0.4, -0.2) is 37.3 Å². The van der Waals surface area contributed by atoms with Crippen molar-refractivity contribution in [3.05, 3.63) is 24.3 Å². The summed E-state index contributed by atoms with van der Waals surface area (Å²) in [5, 5.41) is 15.5. The molecule has 0 heterocycles. The number of aliphatic hydroxyl groups is 1. The first-order chi connectivity index (χ1) is 10.2. The Morgan fingerprint density at radius 1 is 1.29 bits per heavy atom. The molecule has 5 heteroatoms. The van der Waals surface area contributed by atoms with Crippen molar-refractivity contribution in [3.63, 3.8) is 0 Å². The second-order valence-electron chi connectivity index (χ2n) is 5.55. The number of anilines is 1. The van der Waals surface area contributed by atoms with Crippen molar-refractivity contribution in [2.45, 2.75) is 31.8 Å². The van der Waals surface area contributed by atoms with E-state index < -0.39 is 0 Å². The fraction of sp³-hybridized carbons (Fsp3) is 0.562. The summed E-state index contributed by atoms with van der Waals surface area (Å²) < 4.78 is 5.20. The molecule has 0 atom stereocenters. The van der Waals surface area contributed by atoms with Crippen LogP contribution in [-0.2, 0) is 4.79 Å². The zero-order chi connectivity index (χ0) is 15.1. The summed E-state index contributed by atoms with van der Waals surface area (Å²) in [7, 11) is 1.58. The number of ether oxygens (including phenoxy) is 1. The number of nitrogens with one attached hydrogen (secondary N) is 2. The summed E-state index contributed by atoms with van der Waals surface area (Å²) >= 11 is 0. The lowest BCUT2D eigenvalue weighted by Crippen LogP contribution is -2.33. The summed E-state index contributed by atoms with van der Waals surface area (Å²) in [6.07, 6.45) is 3.68. The molecule has 0 unspecified atom stereocenters. The normalized spacial score (nSPS) is 21.8. The largest absolute Gasteiger partial charge is 0.495 e. The highest BCUT2D eigenvalue weighted by Crippen LogP contribution is 2.24. The number of hydrogen-bond acceptors (Lipinski definition) is 4. The van der Waals surface area contributed by atoms with Crippen molar-refractivity contribution in [2.24, 2.45) is 5.92 Å². The Labute approximate surface area is 125 Å². The minimum absolute atomic E-state index is 0.0738. The second kappa shape index (κ2) is 8.00. The molecule has 5 nitrogen and oxygen atoms in total. The van der Waals surface area contributed by atoms with Gasteiger partial charge in [-0.2, -0.15) is 0 Å². The Morgan fingerprint density at radius 2 is 2.00 bits per heavy atom. The summed E-state index contributed by atoms with van der Waals surface area (Å²) in [6.45, 7) is 1.11. The van der Waals surface area contributed by atoms with E-state index in [-0.39, 0.29) is 18.6 Å². The molecule has 0 saturated heterocycles. The van der Waals surface area contributed by atoms with E-state index in [2.05, 4.69) is 10.6 Å². The molecule has 1 aromatic carbocycles. The maximum Gasteiger partial charge on any atom is 0.238 e. The lowest BCUT2D eigenvalue weighted by atomic mass is 9.87. The second-order valence-corrected chi connectivity index (χ2v) is 5.55. The third kappa shape index (κ3) is 5.02. The van der Waals surface area contributed by atoms with Crippen molar-refractivity contribution in [3.8, 4) is 5.75 Å². The van der Waals surface area contributed by atoms with E-state index in [1.165, 1.54) is 0 Å². The van der Waals surface area contributed by atoms with Crippen LogP contribution in [0.15, 0.2) is 24.3 Å². The number of methoxy groups -OCH3 is 1. The van der Waals surface area contributed by atoms with Crippen LogP contribution in [0.4, 0.5) is 5.69 Å². The minimum Gasteiger partial charge on any atom is -0.495 e. The minimum atomic E-state index is -0.130. The van der Waals surface area contributed by atoms with Gasteiger partial charge in [-0.3, -0.25) is 4.79 Å². The van der Waals surface area contributed by atoms with Crippen molar-refractivity contribution in [2.75, 3.05) is 25.5 Å². The Hall–Kier alpha value is -1.59. The smallest absolute Gasteiger partial charge is 0.238 e. The van der Waals surface area contributed by atoms with Crippen molar-refractivity contribution in [1.29, 1.82) is 0 Å². The molecule has 0 radical (unpaired) electrons. The lowest BCUT2D eigenvalue weighted by molar-refractivity contribution is -0.115. The fourth-order valence-electron chi connectivity index (χ4n) is 2.68. The first-order valence-electron chi connectivity index (χ1n) is 7.50. The van der Waals surface area contributed by atoms with Crippen LogP contribution in [0.25, 0.3) is 0 Å². The number of carbonyl (C=O) groups excluding carboxylic acids is 1. The predicted molar refractivity (Wildman–Crippen MR) is 82.5 cm³/mol. The zero-order valence-electron chi connectivity index (χ0n) is 12.5. The average Bonchev–Trinajstić information content (AvgIpc) is 2.50. The molecule has 21 heavy (non-hydrogen) atoms. The summed E-state index contributed by atoms with van der Waals surface area (Å²) in [5.41, 5.74) is 0.688. The van der Waals surface area contributed by atoms with Gasteiger partial charge in [-0.15, -0.1) is 0 Å². The van der Waals surface area contributed by atoms with E-state index in [9.17, 15) is 9.90 Å². The third-order valence-corrected chi connectivity index (χ3v) is 3.92. The molecule has 1 fully saturated rings. The van der Waals surface area contributed by atoms with Gasteiger partial charge in [0, 0.05) is 0 Å². The molecule has 1 aromatic rings. The van der Waals surface area contributed by atoms with E-state index in [1.54, 1.807) is 7.11 Å². The van der Waals surface area contributed by atoms with Gasteiger partial charge in [0.1, 0.15) is 5.75 Å². The third-order valence-electron chi connectivity index (χ3n) is 3.92. The van der Waals surface area contributed by atoms with Crippen LogP contribution in [0.3, 0.4) is 0 Å². The van der Waals surface area contributed by atoms with Gasteiger partial charge in [0.2, 0.25) is 5.91 Å². The number of hydrogen-bond donors (Lipinski definition) is 3. The average molecular weight is 292 g/mol. The van der Waals surface area contributed by atoms with Crippen LogP contribution >= 0.6 is 0 Å². The summed E-state index contributed by atoms with van der Waals surface area (Å²) in [6, 6.07) is 7.36. The number of para-hydroxylation sites is 2. The highest BCUT2D eigenvalue weighted by atomic mass is 16.5. The molecular formula is C16H24N2O3. The summed E-state index contributed by atoms with van der Waals surface area (Å²) in [4.78, 5) is 11.9. The van der Waals surface area contributed by atoms with Crippen LogP contribution in [0.1, 0.15) is 25.7 Å². The Morgan fingerprint density at radius 3 is 2.71 bits per heavy atom. The van der Waals surface area contributed by atoms with Gasteiger partial charge >= 0.3 is 0 Å². The quantitative estimate of drug-likeness (QED) is 0.747. The maximum absolute atomic E-state index is 11.9. The predicted octanol–water partition coefficient (Wildman–Crippen LogP) is 1.77. The summed E-state index contributed by atoms with van der Waals surface area (Å²) in [5.74, 6) is 1.15. The Bertz CT molecular complexity index is 457. The molecule has 1 aliphatic carbocycles. The first-order valence-corrected chi connectivity index (χ1v) is 7.50. The van der Waals surface area contributed by atoms with E-state index in [4.69, 9.17) is 4.74 Å². The number of amides is 1. The van der Waals surface area contributed by atoms with Gasteiger partial charge in [0.15, 0.2) is 0 Å². The molecule has 1 saturated carbocycles. The van der Waals surface area contributed by atoms with Crippen molar-refractivity contribution < 1.29 is 14.6 Å². The number of aliphatic hydroxyl groups excluding tert-OH is 1. The maximum atomic E-state index is 11.9. The van der Waals surface area contributed by atoms with Gasteiger partial charge in [0.05, 0.1) is 25.4 Å². The molecule has 1 aliphatic rings. The fourth-order valence-corrected chi connectivity index (χ4v) is 2.68. The van der Waals surface area contributed by atoms with E-state index in [0.29, 0.717) is 17.4 Å². The van der Waals surface area contributed by atoms with Gasteiger partial charge in [0.25, 0.3) is 0 Å². The molecule has 1 amide bonds. The SMILES string of the molecule is COc1ccccc1NC(=O)CNCC1CCC(O)CC1. The van der Waals surface area contributed by atoms with E-state index in [1.807, 2.05) is 24.3 Å². The molecule has 2 rings (SSSR count). The van der Waals surface area contributed by atoms with Crippen molar-refractivity contribution >= 4 is 11.6 Å². The van der Waals surface area contributed by atoms with Gasteiger partial charge < -0.3 is 20.5 Å². The highest BCUT2D eigenvalue weighted by Gasteiger charge is 2.19. The molecule has 116 valence electrons. The lowest BCUT2D eigenvalue weighted by Gasteiger charge is -2.25. The van der Waals surface area contributed by atoms with Crippen LogP contribution in [0.2, 0.25) is 0 Å². The number of carbonyl (C=O) groups is 1. The van der Waals surface area contributed by atoms with E-state index >= 15 is 0 Å². The number of benzene rings is 1. The van der Waals surface area contributed by atoms with E-state index in [0.717, 1.165) is 32.2 Å². The zero-order valence-corrected chi connectivity index (χ0v) is 12.5. The molecular weight excluding hydrogens is 268 g/mol.